The smallest absolute Gasteiger partial charge is 0.251 e. The van der Waals surface area contributed by atoms with Gasteiger partial charge in [-0.25, -0.2) is 0 Å². The van der Waals surface area contributed by atoms with Gasteiger partial charge in [0.2, 0.25) is 0 Å². The van der Waals surface area contributed by atoms with Gasteiger partial charge in [-0.15, -0.1) is 0 Å². The molecule has 1 aromatic rings. The predicted octanol–water partition coefficient (Wildman–Crippen LogP) is 0.686. The maximum absolute atomic E-state index is 11.8. The van der Waals surface area contributed by atoms with E-state index in [0.29, 0.717) is 24.4 Å². The molecule has 0 heterocycles. The molecule has 1 unspecified atom stereocenters. The second-order valence-corrected chi connectivity index (χ2v) is 5.68. The van der Waals surface area contributed by atoms with Crippen LogP contribution >= 0.6 is 0 Å². The van der Waals surface area contributed by atoms with E-state index in [-0.39, 0.29) is 5.91 Å². The van der Waals surface area contributed by atoms with Gasteiger partial charge in [0.1, 0.15) is 0 Å². The number of nitrogens with one attached hydrogen (secondary N) is 1. The minimum atomic E-state index is -0.796. The van der Waals surface area contributed by atoms with Crippen LogP contribution in [0.5, 0.6) is 0 Å². The number of rotatable bonds is 7. The summed E-state index contributed by atoms with van der Waals surface area (Å²) in [5, 5.41) is 2.82. The van der Waals surface area contributed by atoms with Crippen LogP contribution in [0.4, 0.5) is 0 Å². The minimum Gasteiger partial charge on any atom is -0.352 e. The molecule has 0 aromatic heterocycles. The van der Waals surface area contributed by atoms with Crippen molar-refractivity contribution in [2.45, 2.75) is 12.8 Å². The molecule has 3 N–H and O–H groups in total. The van der Waals surface area contributed by atoms with Crippen molar-refractivity contribution in [1.29, 1.82) is 0 Å². The van der Waals surface area contributed by atoms with Crippen LogP contribution in [0.25, 0.3) is 0 Å². The molecular weight excluding hydrogens is 248 g/mol. The summed E-state index contributed by atoms with van der Waals surface area (Å²) < 4.78 is 10.9. The molecule has 100 valence electrons. The molecule has 1 aromatic carbocycles. The molecule has 5 heteroatoms. The third-order valence-corrected chi connectivity index (χ3v) is 3.38. The summed E-state index contributed by atoms with van der Waals surface area (Å²) in [5.74, 6) is 0.531. The summed E-state index contributed by atoms with van der Waals surface area (Å²) in [4.78, 5) is 11.8. The van der Waals surface area contributed by atoms with Crippen LogP contribution < -0.4 is 11.1 Å². The van der Waals surface area contributed by atoms with Gasteiger partial charge < -0.3 is 11.1 Å². The van der Waals surface area contributed by atoms with Crippen molar-refractivity contribution in [2.24, 2.45) is 5.73 Å². The lowest BCUT2D eigenvalue weighted by Gasteiger charge is -2.06. The van der Waals surface area contributed by atoms with E-state index < -0.39 is 10.8 Å². The monoisotopic (exact) mass is 268 g/mol. The number of amides is 1. The second kappa shape index (κ2) is 8.00. The Morgan fingerprint density at radius 1 is 1.44 bits per heavy atom. The molecule has 1 atom stereocenters. The van der Waals surface area contributed by atoms with E-state index in [1.54, 1.807) is 12.3 Å². The Hall–Kier alpha value is -1.20. The average molecular weight is 268 g/mol. The highest BCUT2D eigenvalue weighted by atomic mass is 32.2. The molecule has 0 radical (unpaired) electrons. The third-order valence-electron chi connectivity index (χ3n) is 2.52. The molecule has 18 heavy (non-hydrogen) atoms. The van der Waals surface area contributed by atoms with Crippen LogP contribution in [0.2, 0.25) is 0 Å². The largest absolute Gasteiger partial charge is 0.352 e. The molecular formula is C13H20N2O2S. The average Bonchev–Trinajstić information content (AvgIpc) is 2.35. The molecule has 0 aliphatic carbocycles. The van der Waals surface area contributed by atoms with E-state index in [4.69, 9.17) is 5.73 Å². The third kappa shape index (κ3) is 5.42. The topological polar surface area (TPSA) is 72.2 Å². The zero-order chi connectivity index (χ0) is 13.4. The lowest BCUT2D eigenvalue weighted by molar-refractivity contribution is 0.0953. The maximum atomic E-state index is 11.8. The number of hydrogen-bond acceptors (Lipinski definition) is 3. The molecule has 0 spiro atoms. The first-order chi connectivity index (χ1) is 8.63. The number of carbonyl (C=O) groups excluding carboxylic acids is 1. The van der Waals surface area contributed by atoms with E-state index >= 15 is 0 Å². The van der Waals surface area contributed by atoms with E-state index in [0.717, 1.165) is 18.4 Å². The fraction of sp³-hybridized carbons (Fsp3) is 0.462. The number of nitrogens with two attached hydrogens (primary N) is 1. The Bertz CT molecular complexity index is 421. The first kappa shape index (κ1) is 14.9. The van der Waals surface area contributed by atoms with Gasteiger partial charge in [-0.05, 0) is 37.1 Å². The van der Waals surface area contributed by atoms with Crippen LogP contribution in [0.1, 0.15) is 22.3 Å². The van der Waals surface area contributed by atoms with Crippen molar-refractivity contribution >= 4 is 16.7 Å². The molecule has 0 bridgehead atoms. The minimum absolute atomic E-state index is 0.0873. The van der Waals surface area contributed by atoms with E-state index in [9.17, 15) is 9.00 Å². The summed E-state index contributed by atoms with van der Waals surface area (Å²) in [5.41, 5.74) is 7.20. The van der Waals surface area contributed by atoms with Gasteiger partial charge >= 0.3 is 0 Å². The van der Waals surface area contributed by atoms with Crippen LogP contribution in [0.3, 0.4) is 0 Å². The van der Waals surface area contributed by atoms with Crippen molar-refractivity contribution in [1.82, 2.24) is 5.32 Å². The second-order valence-electron chi connectivity index (χ2n) is 4.13. The lowest BCUT2D eigenvalue weighted by Crippen LogP contribution is -2.25. The van der Waals surface area contributed by atoms with Crippen LogP contribution in [0, 0.1) is 0 Å². The van der Waals surface area contributed by atoms with Crippen molar-refractivity contribution in [3.05, 3.63) is 35.4 Å². The highest BCUT2D eigenvalue weighted by Gasteiger charge is 2.05. The Balaban J connectivity index is 2.45. The van der Waals surface area contributed by atoms with Gasteiger partial charge in [-0.3, -0.25) is 9.00 Å². The Kier molecular flexibility index (Phi) is 6.60. The standard InChI is InChI=1S/C13H20N2O2S/c1-18(17)9-3-8-15-13(16)12-5-2-4-11(10-12)6-7-14/h2,4-5,10H,3,6-9,14H2,1H3,(H,15,16). The Morgan fingerprint density at radius 3 is 2.89 bits per heavy atom. The summed E-state index contributed by atoms with van der Waals surface area (Å²) in [7, 11) is -0.796. The van der Waals surface area contributed by atoms with Gasteiger partial charge in [0.25, 0.3) is 5.91 Å². The van der Waals surface area contributed by atoms with Gasteiger partial charge in [0, 0.05) is 34.9 Å². The van der Waals surface area contributed by atoms with Crippen molar-refractivity contribution in [2.75, 3.05) is 25.1 Å². The SMILES string of the molecule is CS(=O)CCCNC(=O)c1cccc(CCN)c1. The lowest BCUT2D eigenvalue weighted by atomic mass is 10.1. The molecule has 0 saturated heterocycles. The zero-order valence-electron chi connectivity index (χ0n) is 10.6. The molecule has 0 fully saturated rings. The fourth-order valence-electron chi connectivity index (χ4n) is 1.61. The van der Waals surface area contributed by atoms with Crippen LogP contribution in [-0.2, 0) is 17.2 Å². The number of carbonyl (C=O) groups is 1. The quantitative estimate of drug-likeness (QED) is 0.715. The summed E-state index contributed by atoms with van der Waals surface area (Å²) in [6.45, 7) is 1.13. The summed E-state index contributed by atoms with van der Waals surface area (Å²) >= 11 is 0. The predicted molar refractivity (Wildman–Crippen MR) is 75.1 cm³/mol. The number of hydrogen-bond donors (Lipinski definition) is 2. The van der Waals surface area contributed by atoms with Gasteiger partial charge in [0.15, 0.2) is 0 Å². The molecule has 1 rings (SSSR count). The van der Waals surface area contributed by atoms with E-state index in [2.05, 4.69) is 5.32 Å². The highest BCUT2D eigenvalue weighted by Crippen LogP contribution is 2.05. The Labute approximate surface area is 110 Å². The van der Waals surface area contributed by atoms with Crippen LogP contribution in [-0.4, -0.2) is 35.2 Å². The van der Waals surface area contributed by atoms with Gasteiger partial charge in [0.05, 0.1) is 0 Å². The zero-order valence-corrected chi connectivity index (χ0v) is 11.5. The Morgan fingerprint density at radius 2 is 2.22 bits per heavy atom. The maximum Gasteiger partial charge on any atom is 0.251 e. The molecule has 1 amide bonds. The normalized spacial score (nSPS) is 12.1. The van der Waals surface area contributed by atoms with E-state index in [1.807, 2.05) is 18.2 Å². The number of benzene rings is 1. The first-order valence-corrected chi connectivity index (χ1v) is 7.73. The summed E-state index contributed by atoms with van der Waals surface area (Å²) in [6, 6.07) is 7.47. The first-order valence-electron chi connectivity index (χ1n) is 6.00. The van der Waals surface area contributed by atoms with Crippen molar-refractivity contribution in [3.8, 4) is 0 Å². The van der Waals surface area contributed by atoms with E-state index in [1.165, 1.54) is 0 Å². The molecule has 0 aliphatic rings. The fourth-order valence-corrected chi connectivity index (χ4v) is 2.17. The van der Waals surface area contributed by atoms with Gasteiger partial charge in [-0.2, -0.15) is 0 Å². The van der Waals surface area contributed by atoms with Gasteiger partial charge in [-0.1, -0.05) is 12.1 Å². The van der Waals surface area contributed by atoms with Crippen molar-refractivity contribution in [3.63, 3.8) is 0 Å². The molecule has 0 aliphatic heterocycles. The molecule has 4 nitrogen and oxygen atoms in total. The van der Waals surface area contributed by atoms with Crippen LogP contribution in [0.15, 0.2) is 24.3 Å². The summed E-state index contributed by atoms with van der Waals surface area (Å²) in [6.07, 6.45) is 3.17. The molecule has 0 saturated carbocycles. The highest BCUT2D eigenvalue weighted by molar-refractivity contribution is 7.84. The van der Waals surface area contributed by atoms with Crippen molar-refractivity contribution < 1.29 is 9.00 Å².